The Bertz CT molecular complexity index is 653. The van der Waals surface area contributed by atoms with E-state index in [1.165, 1.54) is 22.5 Å². The molecule has 0 amide bonds. The topological polar surface area (TPSA) is 53.4 Å². The molecule has 1 aromatic carbocycles. The van der Waals surface area contributed by atoms with Gasteiger partial charge >= 0.3 is 5.97 Å². The Balaban J connectivity index is 1.72. The third-order valence-corrected chi connectivity index (χ3v) is 4.78. The Morgan fingerprint density at radius 2 is 2.29 bits per heavy atom. The summed E-state index contributed by atoms with van der Waals surface area (Å²) in [4.78, 5) is 17.4. The summed E-state index contributed by atoms with van der Waals surface area (Å²) in [6.07, 6.45) is 1.04. The number of carbonyl (C=O) groups is 1. The molecule has 2 heterocycles. The van der Waals surface area contributed by atoms with Gasteiger partial charge in [-0.3, -0.25) is 4.90 Å². The van der Waals surface area contributed by atoms with E-state index in [0.717, 1.165) is 31.1 Å². The van der Waals surface area contributed by atoms with Crippen molar-refractivity contribution in [2.45, 2.75) is 25.8 Å². The lowest BCUT2D eigenvalue weighted by Gasteiger charge is -2.21. The second-order valence-electron chi connectivity index (χ2n) is 5.52. The monoisotopic (exact) mass is 302 g/mol. The van der Waals surface area contributed by atoms with E-state index in [1.807, 2.05) is 0 Å². The van der Waals surface area contributed by atoms with Crippen molar-refractivity contribution in [1.29, 1.82) is 0 Å². The largest absolute Gasteiger partial charge is 0.476 e. The van der Waals surface area contributed by atoms with Crippen LogP contribution in [-0.4, -0.2) is 34.0 Å². The molecule has 0 bridgehead atoms. The van der Waals surface area contributed by atoms with Crippen molar-refractivity contribution in [1.82, 2.24) is 9.88 Å². The summed E-state index contributed by atoms with van der Waals surface area (Å²) in [7, 11) is 0. The second kappa shape index (κ2) is 5.95. The van der Waals surface area contributed by atoms with Crippen LogP contribution in [-0.2, 0) is 13.0 Å². The average Bonchev–Trinajstić information content (AvgIpc) is 2.87. The number of nitrogens with zero attached hydrogens (tertiary/aromatic N) is 2. The zero-order valence-electron chi connectivity index (χ0n) is 12.0. The van der Waals surface area contributed by atoms with Crippen LogP contribution >= 0.6 is 11.3 Å². The van der Waals surface area contributed by atoms with Crippen molar-refractivity contribution in [2.75, 3.05) is 13.1 Å². The number of carboxylic acids is 1. The van der Waals surface area contributed by atoms with Gasteiger partial charge in [-0.15, -0.1) is 11.3 Å². The summed E-state index contributed by atoms with van der Waals surface area (Å²) in [6.45, 7) is 4.96. The van der Waals surface area contributed by atoms with Crippen molar-refractivity contribution in [2.24, 2.45) is 0 Å². The van der Waals surface area contributed by atoms with E-state index in [2.05, 4.69) is 41.1 Å². The van der Waals surface area contributed by atoms with Gasteiger partial charge in [-0.25, -0.2) is 9.78 Å². The maximum Gasteiger partial charge on any atom is 0.355 e. The minimum atomic E-state index is -0.950. The quantitative estimate of drug-likeness (QED) is 0.947. The summed E-state index contributed by atoms with van der Waals surface area (Å²) in [5.41, 5.74) is 3.02. The molecule has 0 spiro atoms. The summed E-state index contributed by atoms with van der Waals surface area (Å²) >= 11 is 1.43. The van der Waals surface area contributed by atoms with E-state index >= 15 is 0 Å². The molecule has 3 rings (SSSR count). The molecule has 1 atom stereocenters. The third-order valence-electron chi connectivity index (χ3n) is 3.95. The number of thiazole rings is 1. The highest BCUT2D eigenvalue weighted by molar-refractivity contribution is 7.09. The van der Waals surface area contributed by atoms with Crippen molar-refractivity contribution in [3.05, 3.63) is 51.5 Å². The number of fused-ring (bicyclic) bond motifs is 1. The molecule has 0 fully saturated rings. The highest BCUT2D eigenvalue weighted by Gasteiger charge is 2.20. The highest BCUT2D eigenvalue weighted by atomic mass is 32.1. The minimum absolute atomic E-state index is 0.154. The Kier molecular flexibility index (Phi) is 4.03. The standard InChI is InChI=1S/C16H18N2O2S/c1-11-8-18(7-6-12-4-2-3-5-13(11)12)9-15-17-14(10-21-15)16(19)20/h2-5,10-11H,6-9H2,1H3,(H,19,20). The first-order valence-electron chi connectivity index (χ1n) is 7.11. The minimum Gasteiger partial charge on any atom is -0.476 e. The zero-order valence-corrected chi connectivity index (χ0v) is 12.8. The molecule has 110 valence electrons. The molecule has 0 saturated heterocycles. The number of hydrogen-bond acceptors (Lipinski definition) is 4. The molecule has 1 aliphatic rings. The van der Waals surface area contributed by atoms with Crippen molar-refractivity contribution < 1.29 is 9.90 Å². The Morgan fingerprint density at radius 3 is 3.05 bits per heavy atom. The van der Waals surface area contributed by atoms with Gasteiger partial charge in [0.25, 0.3) is 0 Å². The number of rotatable bonds is 3. The Hall–Kier alpha value is -1.72. The van der Waals surface area contributed by atoms with Crippen molar-refractivity contribution in [3.8, 4) is 0 Å². The third kappa shape index (κ3) is 3.14. The summed E-state index contributed by atoms with van der Waals surface area (Å²) in [5, 5.41) is 11.4. The SMILES string of the molecule is CC1CN(Cc2nc(C(=O)O)cs2)CCc2ccccc21. The summed E-state index contributed by atoms with van der Waals surface area (Å²) in [6, 6.07) is 8.63. The van der Waals surface area contributed by atoms with Gasteiger partial charge in [-0.05, 0) is 23.5 Å². The molecule has 1 N–H and O–H groups in total. The van der Waals surface area contributed by atoms with Crippen LogP contribution < -0.4 is 0 Å². The molecular weight excluding hydrogens is 284 g/mol. The predicted molar refractivity (Wildman–Crippen MR) is 82.9 cm³/mol. The van der Waals surface area contributed by atoms with Gasteiger partial charge in [-0.1, -0.05) is 31.2 Å². The number of hydrogen-bond donors (Lipinski definition) is 1. The Labute approximate surface area is 128 Å². The van der Waals surface area contributed by atoms with Gasteiger partial charge in [0.2, 0.25) is 0 Å². The lowest BCUT2D eigenvalue weighted by atomic mass is 9.96. The first-order chi connectivity index (χ1) is 10.1. The van der Waals surface area contributed by atoms with Crippen LogP contribution in [0.3, 0.4) is 0 Å². The maximum absolute atomic E-state index is 10.9. The first-order valence-corrected chi connectivity index (χ1v) is 7.99. The number of benzene rings is 1. The number of carboxylic acid groups (broad SMARTS) is 1. The molecular formula is C16H18N2O2S. The van der Waals surface area contributed by atoms with E-state index in [4.69, 9.17) is 5.11 Å². The van der Waals surface area contributed by atoms with Crippen LogP contribution in [0.15, 0.2) is 29.6 Å². The van der Waals surface area contributed by atoms with Gasteiger partial charge in [0.05, 0.1) is 6.54 Å². The molecule has 0 aliphatic carbocycles. The molecule has 1 aromatic heterocycles. The Morgan fingerprint density at radius 1 is 1.48 bits per heavy atom. The van der Waals surface area contributed by atoms with Crippen LogP contribution in [0.2, 0.25) is 0 Å². The second-order valence-corrected chi connectivity index (χ2v) is 6.46. The average molecular weight is 302 g/mol. The lowest BCUT2D eigenvalue weighted by Crippen LogP contribution is -2.27. The van der Waals surface area contributed by atoms with Gasteiger partial charge in [0, 0.05) is 18.5 Å². The fourth-order valence-corrected chi connectivity index (χ4v) is 3.72. The number of aromatic nitrogens is 1. The van der Waals surface area contributed by atoms with Gasteiger partial charge in [0.1, 0.15) is 5.01 Å². The molecule has 1 unspecified atom stereocenters. The fourth-order valence-electron chi connectivity index (χ4n) is 2.91. The van der Waals surface area contributed by atoms with Crippen LogP contribution in [0.4, 0.5) is 0 Å². The lowest BCUT2D eigenvalue weighted by molar-refractivity contribution is 0.0691. The van der Waals surface area contributed by atoms with Crippen molar-refractivity contribution in [3.63, 3.8) is 0 Å². The predicted octanol–water partition coefficient (Wildman–Crippen LogP) is 3.00. The molecule has 4 nitrogen and oxygen atoms in total. The van der Waals surface area contributed by atoms with E-state index in [-0.39, 0.29) is 5.69 Å². The van der Waals surface area contributed by atoms with E-state index in [9.17, 15) is 4.79 Å². The molecule has 0 radical (unpaired) electrons. The van der Waals surface area contributed by atoms with Crippen LogP contribution in [0.25, 0.3) is 0 Å². The first kappa shape index (κ1) is 14.2. The highest BCUT2D eigenvalue weighted by Crippen LogP contribution is 2.26. The molecule has 0 saturated carbocycles. The van der Waals surface area contributed by atoms with E-state index in [1.54, 1.807) is 5.38 Å². The van der Waals surface area contributed by atoms with E-state index in [0.29, 0.717) is 5.92 Å². The molecule has 21 heavy (non-hydrogen) atoms. The maximum atomic E-state index is 10.9. The van der Waals surface area contributed by atoms with Crippen LogP contribution in [0.1, 0.15) is 39.5 Å². The molecule has 5 heteroatoms. The smallest absolute Gasteiger partial charge is 0.355 e. The normalized spacial score (nSPS) is 19.0. The van der Waals surface area contributed by atoms with Crippen molar-refractivity contribution >= 4 is 17.3 Å². The summed E-state index contributed by atoms with van der Waals surface area (Å²) < 4.78 is 0. The van der Waals surface area contributed by atoms with Crippen LogP contribution in [0.5, 0.6) is 0 Å². The van der Waals surface area contributed by atoms with Crippen LogP contribution in [0, 0.1) is 0 Å². The van der Waals surface area contributed by atoms with Gasteiger partial charge in [0.15, 0.2) is 5.69 Å². The fraction of sp³-hybridized carbons (Fsp3) is 0.375. The summed E-state index contributed by atoms with van der Waals surface area (Å²) in [5.74, 6) is -0.461. The molecule has 1 aliphatic heterocycles. The van der Waals surface area contributed by atoms with Gasteiger partial charge < -0.3 is 5.11 Å². The van der Waals surface area contributed by atoms with E-state index < -0.39 is 5.97 Å². The van der Waals surface area contributed by atoms with Gasteiger partial charge in [-0.2, -0.15) is 0 Å². The molecule has 2 aromatic rings. The number of aromatic carboxylic acids is 1. The zero-order chi connectivity index (χ0) is 14.8.